The minimum atomic E-state index is -0.313. The molecule has 0 spiro atoms. The number of allylic oxidation sites excluding steroid dienone is 1. The fraction of sp³-hybridized carbons (Fsp3) is 0.591. The molecule has 0 saturated heterocycles. The van der Waals surface area contributed by atoms with Crippen LogP contribution in [0.2, 0.25) is 0 Å². The molecule has 0 fully saturated rings. The highest BCUT2D eigenvalue weighted by atomic mass is 16.5. The highest BCUT2D eigenvalue weighted by Crippen LogP contribution is 2.47. The molecule has 1 aromatic rings. The van der Waals surface area contributed by atoms with E-state index in [2.05, 4.69) is 26.0 Å². The number of esters is 1. The summed E-state index contributed by atoms with van der Waals surface area (Å²) >= 11 is 0. The smallest absolute Gasteiger partial charge is 0.302 e. The molecule has 0 aromatic heterocycles. The lowest BCUT2D eigenvalue weighted by Crippen LogP contribution is -2.19. The number of benzene rings is 1. The summed E-state index contributed by atoms with van der Waals surface area (Å²) < 4.78 is 5.12. The van der Waals surface area contributed by atoms with Crippen LogP contribution >= 0.6 is 0 Å². The number of aliphatic hydroxyl groups excluding tert-OH is 1. The quantitative estimate of drug-likeness (QED) is 0.542. The van der Waals surface area contributed by atoms with Crippen LogP contribution in [0.3, 0.4) is 0 Å². The van der Waals surface area contributed by atoms with E-state index < -0.39 is 0 Å². The normalized spacial score (nSPS) is 21.2. The van der Waals surface area contributed by atoms with Crippen LogP contribution in [0.4, 0.5) is 0 Å². The van der Waals surface area contributed by atoms with Gasteiger partial charge in [0.1, 0.15) is 12.4 Å². The molecule has 4 nitrogen and oxygen atoms in total. The fourth-order valence-corrected chi connectivity index (χ4v) is 4.01. The van der Waals surface area contributed by atoms with Gasteiger partial charge in [-0.3, -0.25) is 4.79 Å². The minimum absolute atomic E-state index is 0.117. The number of aromatic hydroxyl groups is 1. The highest BCUT2D eigenvalue weighted by Gasteiger charge is 2.30. The zero-order valence-corrected chi connectivity index (χ0v) is 16.4. The molecular formula is C22H32O4. The second-order valence-corrected chi connectivity index (χ2v) is 7.75. The van der Waals surface area contributed by atoms with Crippen molar-refractivity contribution in [2.75, 3.05) is 6.61 Å². The SMILES string of the molecule is CC(=O)OCc1cc(O)c2c(c1)C(C(C)CCC=C(C)CO)CCC2C. The van der Waals surface area contributed by atoms with Crippen molar-refractivity contribution in [3.63, 3.8) is 0 Å². The Bertz CT molecular complexity index is 662. The maximum atomic E-state index is 11.1. The molecule has 2 N–H and O–H groups in total. The van der Waals surface area contributed by atoms with Crippen molar-refractivity contribution in [1.82, 2.24) is 0 Å². The molecule has 0 aliphatic heterocycles. The van der Waals surface area contributed by atoms with Gasteiger partial charge in [-0.15, -0.1) is 0 Å². The molecule has 0 amide bonds. The van der Waals surface area contributed by atoms with Crippen molar-refractivity contribution in [2.24, 2.45) is 5.92 Å². The molecule has 26 heavy (non-hydrogen) atoms. The zero-order chi connectivity index (χ0) is 19.3. The van der Waals surface area contributed by atoms with E-state index in [9.17, 15) is 9.90 Å². The summed E-state index contributed by atoms with van der Waals surface area (Å²) in [6, 6.07) is 3.85. The second-order valence-electron chi connectivity index (χ2n) is 7.75. The molecule has 1 aliphatic carbocycles. The van der Waals surface area contributed by atoms with Gasteiger partial charge in [-0.25, -0.2) is 0 Å². The Balaban J connectivity index is 2.23. The number of phenolic OH excluding ortho intramolecular Hbond substituents is 1. The summed E-state index contributed by atoms with van der Waals surface area (Å²) in [6.45, 7) is 8.09. The van der Waals surface area contributed by atoms with Gasteiger partial charge in [0, 0.05) is 12.5 Å². The number of hydrogen-bond donors (Lipinski definition) is 2. The number of aliphatic hydroxyl groups is 1. The molecule has 3 atom stereocenters. The first-order valence-corrected chi connectivity index (χ1v) is 9.59. The summed E-state index contributed by atoms with van der Waals surface area (Å²) in [7, 11) is 0. The van der Waals surface area contributed by atoms with Crippen molar-refractivity contribution in [3.8, 4) is 5.75 Å². The van der Waals surface area contributed by atoms with Gasteiger partial charge in [0.25, 0.3) is 0 Å². The molecule has 1 aromatic carbocycles. The number of fused-ring (bicyclic) bond motifs is 1. The molecule has 0 radical (unpaired) electrons. The van der Waals surface area contributed by atoms with Crippen LogP contribution in [-0.2, 0) is 16.1 Å². The van der Waals surface area contributed by atoms with Crippen LogP contribution in [0.5, 0.6) is 5.75 Å². The Hall–Kier alpha value is -1.81. The molecular weight excluding hydrogens is 328 g/mol. The van der Waals surface area contributed by atoms with Crippen LogP contribution in [0.25, 0.3) is 0 Å². The third kappa shape index (κ3) is 5.10. The standard InChI is InChI=1S/C22H32O4/c1-14(12-23)6-5-7-15(2)19-9-8-16(3)22-20(19)10-18(11-21(22)25)13-26-17(4)24/h6,10-11,15-16,19,23,25H,5,7-9,12-13H2,1-4H3. The van der Waals surface area contributed by atoms with Gasteiger partial charge in [0.05, 0.1) is 6.61 Å². The van der Waals surface area contributed by atoms with Crippen molar-refractivity contribution in [1.29, 1.82) is 0 Å². The van der Waals surface area contributed by atoms with Crippen LogP contribution < -0.4 is 0 Å². The van der Waals surface area contributed by atoms with Gasteiger partial charge in [0.15, 0.2) is 0 Å². The van der Waals surface area contributed by atoms with E-state index in [1.165, 1.54) is 12.5 Å². The fourth-order valence-electron chi connectivity index (χ4n) is 4.01. The van der Waals surface area contributed by atoms with Gasteiger partial charge in [-0.2, -0.15) is 0 Å². The molecule has 0 heterocycles. The second kappa shape index (κ2) is 9.22. The van der Waals surface area contributed by atoms with Crippen molar-refractivity contribution >= 4 is 5.97 Å². The number of phenols is 1. The first-order valence-electron chi connectivity index (χ1n) is 9.59. The topological polar surface area (TPSA) is 66.8 Å². The molecule has 3 unspecified atom stereocenters. The number of ether oxygens (including phenoxy) is 1. The number of hydrogen-bond acceptors (Lipinski definition) is 4. The molecule has 4 heteroatoms. The van der Waals surface area contributed by atoms with Crippen LogP contribution in [0.1, 0.15) is 81.9 Å². The van der Waals surface area contributed by atoms with Crippen LogP contribution in [-0.4, -0.2) is 22.8 Å². The van der Waals surface area contributed by atoms with Crippen molar-refractivity contribution in [3.05, 3.63) is 40.5 Å². The lowest BCUT2D eigenvalue weighted by atomic mass is 9.71. The van der Waals surface area contributed by atoms with Gasteiger partial charge in [-0.05, 0) is 67.6 Å². The van der Waals surface area contributed by atoms with Gasteiger partial charge < -0.3 is 14.9 Å². The average Bonchev–Trinajstić information content (AvgIpc) is 2.59. The predicted octanol–water partition coefficient (Wildman–Crippen LogP) is 4.79. The van der Waals surface area contributed by atoms with E-state index in [1.807, 2.05) is 6.92 Å². The lowest BCUT2D eigenvalue weighted by Gasteiger charge is -2.34. The predicted molar refractivity (Wildman–Crippen MR) is 103 cm³/mol. The highest BCUT2D eigenvalue weighted by molar-refractivity contribution is 5.66. The zero-order valence-electron chi connectivity index (χ0n) is 16.4. The first-order chi connectivity index (χ1) is 12.3. The van der Waals surface area contributed by atoms with Crippen molar-refractivity contribution < 1.29 is 19.7 Å². The Morgan fingerprint density at radius 1 is 1.35 bits per heavy atom. The molecule has 144 valence electrons. The minimum Gasteiger partial charge on any atom is -0.508 e. The molecule has 0 saturated carbocycles. The van der Waals surface area contributed by atoms with Gasteiger partial charge in [0.2, 0.25) is 0 Å². The largest absolute Gasteiger partial charge is 0.508 e. The van der Waals surface area contributed by atoms with Gasteiger partial charge >= 0.3 is 5.97 Å². The maximum Gasteiger partial charge on any atom is 0.302 e. The lowest BCUT2D eigenvalue weighted by molar-refractivity contribution is -0.142. The number of carbonyl (C=O) groups excluding carboxylic acids is 1. The van der Waals surface area contributed by atoms with E-state index in [-0.39, 0.29) is 19.2 Å². The summed E-state index contributed by atoms with van der Waals surface area (Å²) in [5, 5.41) is 19.7. The Morgan fingerprint density at radius 3 is 2.73 bits per heavy atom. The number of carbonyl (C=O) groups is 1. The Labute approximate surface area is 156 Å². The number of rotatable bonds is 7. The van der Waals surface area contributed by atoms with E-state index in [0.29, 0.717) is 23.5 Å². The average molecular weight is 360 g/mol. The molecule has 2 rings (SSSR count). The van der Waals surface area contributed by atoms with E-state index in [1.54, 1.807) is 6.07 Å². The van der Waals surface area contributed by atoms with E-state index in [0.717, 1.165) is 42.4 Å². The van der Waals surface area contributed by atoms with Crippen LogP contribution in [0, 0.1) is 5.92 Å². The summed E-state index contributed by atoms with van der Waals surface area (Å²) in [5.74, 6) is 1.23. The van der Waals surface area contributed by atoms with E-state index in [4.69, 9.17) is 9.84 Å². The van der Waals surface area contributed by atoms with E-state index >= 15 is 0 Å². The monoisotopic (exact) mass is 360 g/mol. The summed E-state index contributed by atoms with van der Waals surface area (Å²) in [6.07, 6.45) is 6.29. The Kier molecular flexibility index (Phi) is 7.27. The van der Waals surface area contributed by atoms with Crippen LogP contribution in [0.15, 0.2) is 23.8 Å². The third-order valence-electron chi connectivity index (χ3n) is 5.55. The molecule has 0 bridgehead atoms. The summed E-state index contributed by atoms with van der Waals surface area (Å²) in [5.41, 5.74) is 4.12. The van der Waals surface area contributed by atoms with Crippen molar-refractivity contribution in [2.45, 2.75) is 71.8 Å². The Morgan fingerprint density at radius 2 is 2.08 bits per heavy atom. The maximum absolute atomic E-state index is 11.1. The first kappa shape index (κ1) is 20.5. The van der Waals surface area contributed by atoms with Gasteiger partial charge in [-0.1, -0.05) is 31.6 Å². The molecule has 1 aliphatic rings. The third-order valence-corrected chi connectivity index (χ3v) is 5.55. The summed E-state index contributed by atoms with van der Waals surface area (Å²) in [4.78, 5) is 11.1.